The van der Waals surface area contributed by atoms with Crippen LogP contribution in [-0.4, -0.2) is 24.4 Å². The van der Waals surface area contributed by atoms with Gasteiger partial charge in [0.15, 0.2) is 0 Å². The molecule has 2 rings (SSSR count). The second kappa shape index (κ2) is 4.53. The smallest absolute Gasteiger partial charge is 0.107 e. The molecular formula is C13H19NO2. The predicted octanol–water partition coefficient (Wildman–Crippen LogP) is 1.62. The third-order valence-electron chi connectivity index (χ3n) is 3.41. The molecule has 1 aromatic carbocycles. The Morgan fingerprint density at radius 2 is 2.25 bits per heavy atom. The molecular weight excluding hydrogens is 202 g/mol. The Hall–Kier alpha value is -0.900. The van der Waals surface area contributed by atoms with Crippen LogP contribution in [0.25, 0.3) is 0 Å². The summed E-state index contributed by atoms with van der Waals surface area (Å²) in [6, 6.07) is 8.21. The van der Waals surface area contributed by atoms with Crippen molar-refractivity contribution in [2.75, 3.05) is 13.7 Å². The van der Waals surface area contributed by atoms with Gasteiger partial charge in [-0.2, -0.15) is 0 Å². The highest BCUT2D eigenvalue weighted by molar-refractivity contribution is 5.35. The standard InChI is InChI=1S/C13H19NO2/c1-3-13(15,9-16-2)12-11-7-5-4-6-10(11)8-14-12/h4-7,12,14-15H,3,8-9H2,1-2H3. The SMILES string of the molecule is CCC(O)(COC)C1NCc2ccccc21. The number of rotatable bonds is 4. The Morgan fingerprint density at radius 1 is 1.50 bits per heavy atom. The molecule has 88 valence electrons. The van der Waals surface area contributed by atoms with Crippen LogP contribution < -0.4 is 5.32 Å². The number of ether oxygens (including phenoxy) is 1. The quantitative estimate of drug-likeness (QED) is 0.811. The molecule has 3 nitrogen and oxygen atoms in total. The summed E-state index contributed by atoms with van der Waals surface area (Å²) in [5, 5.41) is 13.9. The van der Waals surface area contributed by atoms with Gasteiger partial charge in [0, 0.05) is 13.7 Å². The molecule has 1 heterocycles. The lowest BCUT2D eigenvalue weighted by molar-refractivity contribution is -0.0596. The van der Waals surface area contributed by atoms with Crippen molar-refractivity contribution in [3.05, 3.63) is 35.4 Å². The third kappa shape index (κ3) is 1.86. The minimum Gasteiger partial charge on any atom is -0.385 e. The van der Waals surface area contributed by atoms with Crippen molar-refractivity contribution in [2.45, 2.75) is 31.5 Å². The van der Waals surface area contributed by atoms with Crippen molar-refractivity contribution < 1.29 is 9.84 Å². The summed E-state index contributed by atoms with van der Waals surface area (Å²) in [4.78, 5) is 0. The minimum atomic E-state index is -0.818. The van der Waals surface area contributed by atoms with E-state index in [-0.39, 0.29) is 6.04 Å². The van der Waals surface area contributed by atoms with Crippen LogP contribution in [0, 0.1) is 0 Å². The summed E-state index contributed by atoms with van der Waals surface area (Å²) in [5.74, 6) is 0. The van der Waals surface area contributed by atoms with Gasteiger partial charge < -0.3 is 15.2 Å². The Bertz CT molecular complexity index is 367. The maximum atomic E-state index is 10.6. The van der Waals surface area contributed by atoms with Crippen molar-refractivity contribution >= 4 is 0 Å². The van der Waals surface area contributed by atoms with E-state index in [0.717, 1.165) is 6.54 Å². The summed E-state index contributed by atoms with van der Waals surface area (Å²) in [6.45, 7) is 3.17. The summed E-state index contributed by atoms with van der Waals surface area (Å²) in [6.07, 6.45) is 0.673. The highest BCUT2D eigenvalue weighted by Gasteiger charge is 2.39. The molecule has 2 atom stereocenters. The van der Waals surface area contributed by atoms with E-state index in [4.69, 9.17) is 4.74 Å². The molecule has 0 amide bonds. The van der Waals surface area contributed by atoms with E-state index >= 15 is 0 Å². The van der Waals surface area contributed by atoms with E-state index in [1.54, 1.807) is 7.11 Å². The monoisotopic (exact) mass is 221 g/mol. The Balaban J connectivity index is 2.29. The lowest BCUT2D eigenvalue weighted by atomic mass is 9.87. The second-order valence-electron chi connectivity index (χ2n) is 4.40. The van der Waals surface area contributed by atoms with E-state index in [9.17, 15) is 5.11 Å². The summed E-state index contributed by atoms with van der Waals surface area (Å²) in [5.41, 5.74) is 1.65. The third-order valence-corrected chi connectivity index (χ3v) is 3.41. The first-order valence-electron chi connectivity index (χ1n) is 5.74. The lowest BCUT2D eigenvalue weighted by Gasteiger charge is -2.33. The fourth-order valence-corrected chi connectivity index (χ4v) is 2.42. The maximum Gasteiger partial charge on any atom is 0.107 e. The van der Waals surface area contributed by atoms with Gasteiger partial charge in [-0.05, 0) is 17.5 Å². The molecule has 2 unspecified atom stereocenters. The summed E-state index contributed by atoms with van der Waals surface area (Å²) < 4.78 is 5.14. The van der Waals surface area contributed by atoms with Gasteiger partial charge in [0.1, 0.15) is 5.60 Å². The molecule has 1 aliphatic rings. The molecule has 1 aliphatic heterocycles. The maximum absolute atomic E-state index is 10.6. The molecule has 0 aliphatic carbocycles. The number of nitrogens with one attached hydrogen (secondary N) is 1. The van der Waals surface area contributed by atoms with Crippen LogP contribution in [0.15, 0.2) is 24.3 Å². The average Bonchev–Trinajstić information content (AvgIpc) is 2.73. The summed E-state index contributed by atoms with van der Waals surface area (Å²) in [7, 11) is 1.63. The lowest BCUT2D eigenvalue weighted by Crippen LogP contribution is -2.44. The van der Waals surface area contributed by atoms with Crippen LogP contribution in [0.5, 0.6) is 0 Å². The Kier molecular flexibility index (Phi) is 3.28. The molecule has 0 saturated carbocycles. The van der Waals surface area contributed by atoms with Crippen LogP contribution in [0.3, 0.4) is 0 Å². The first kappa shape index (κ1) is 11.6. The topological polar surface area (TPSA) is 41.5 Å². The molecule has 0 spiro atoms. The fraction of sp³-hybridized carbons (Fsp3) is 0.538. The van der Waals surface area contributed by atoms with E-state index in [1.165, 1.54) is 11.1 Å². The number of fused-ring (bicyclic) bond motifs is 1. The number of hydrogen-bond acceptors (Lipinski definition) is 3. The van der Waals surface area contributed by atoms with Crippen LogP contribution in [0.4, 0.5) is 0 Å². The van der Waals surface area contributed by atoms with Gasteiger partial charge in [-0.3, -0.25) is 0 Å². The normalized spacial score (nSPS) is 22.8. The molecule has 0 bridgehead atoms. The first-order chi connectivity index (χ1) is 7.71. The van der Waals surface area contributed by atoms with Gasteiger partial charge in [0.25, 0.3) is 0 Å². The number of methoxy groups -OCH3 is 1. The Morgan fingerprint density at radius 3 is 2.94 bits per heavy atom. The van der Waals surface area contributed by atoms with Crippen LogP contribution >= 0.6 is 0 Å². The van der Waals surface area contributed by atoms with Gasteiger partial charge in [0.05, 0.1) is 12.6 Å². The van der Waals surface area contributed by atoms with E-state index < -0.39 is 5.60 Å². The van der Waals surface area contributed by atoms with Crippen molar-refractivity contribution in [3.8, 4) is 0 Å². The number of hydrogen-bond donors (Lipinski definition) is 2. The number of benzene rings is 1. The fourth-order valence-electron chi connectivity index (χ4n) is 2.42. The predicted molar refractivity (Wildman–Crippen MR) is 63.1 cm³/mol. The molecule has 0 aromatic heterocycles. The Labute approximate surface area is 96.4 Å². The van der Waals surface area contributed by atoms with Gasteiger partial charge in [-0.25, -0.2) is 0 Å². The van der Waals surface area contributed by atoms with Gasteiger partial charge in [0.2, 0.25) is 0 Å². The molecule has 1 aromatic rings. The minimum absolute atomic E-state index is 0.0198. The van der Waals surface area contributed by atoms with Crippen molar-refractivity contribution in [2.24, 2.45) is 0 Å². The zero-order valence-corrected chi connectivity index (χ0v) is 9.86. The van der Waals surface area contributed by atoms with Gasteiger partial charge in [-0.1, -0.05) is 31.2 Å². The molecule has 0 saturated heterocycles. The van der Waals surface area contributed by atoms with Crippen molar-refractivity contribution in [3.63, 3.8) is 0 Å². The van der Waals surface area contributed by atoms with Gasteiger partial charge >= 0.3 is 0 Å². The van der Waals surface area contributed by atoms with Crippen LogP contribution in [0.1, 0.15) is 30.5 Å². The average molecular weight is 221 g/mol. The van der Waals surface area contributed by atoms with Gasteiger partial charge in [-0.15, -0.1) is 0 Å². The highest BCUT2D eigenvalue weighted by atomic mass is 16.5. The van der Waals surface area contributed by atoms with Crippen LogP contribution in [-0.2, 0) is 11.3 Å². The van der Waals surface area contributed by atoms with E-state index in [1.807, 2.05) is 19.1 Å². The second-order valence-corrected chi connectivity index (χ2v) is 4.40. The van der Waals surface area contributed by atoms with Crippen molar-refractivity contribution in [1.29, 1.82) is 0 Å². The van der Waals surface area contributed by atoms with Crippen molar-refractivity contribution in [1.82, 2.24) is 5.32 Å². The largest absolute Gasteiger partial charge is 0.385 e. The highest BCUT2D eigenvalue weighted by Crippen LogP contribution is 2.35. The van der Waals surface area contributed by atoms with E-state index in [0.29, 0.717) is 13.0 Å². The molecule has 2 N–H and O–H groups in total. The summed E-state index contributed by atoms with van der Waals surface area (Å²) >= 11 is 0. The van der Waals surface area contributed by atoms with E-state index in [2.05, 4.69) is 17.4 Å². The first-order valence-corrected chi connectivity index (χ1v) is 5.74. The molecule has 0 fully saturated rings. The zero-order valence-electron chi connectivity index (χ0n) is 9.86. The molecule has 3 heteroatoms. The molecule has 0 radical (unpaired) electrons. The van der Waals surface area contributed by atoms with Crippen LogP contribution in [0.2, 0.25) is 0 Å². The molecule has 16 heavy (non-hydrogen) atoms. The zero-order chi connectivity index (χ0) is 11.6. The number of aliphatic hydroxyl groups is 1.